The molecule has 0 radical (unpaired) electrons. The average Bonchev–Trinajstić information content (AvgIpc) is 3.05. The number of nitrogens with zero attached hydrogens (tertiary/aromatic N) is 1. The average molecular weight is 735 g/mol. The summed E-state index contributed by atoms with van der Waals surface area (Å²) in [7, 11) is 5.70. The molecular weight excluding hydrogens is 669 g/mol. The second kappa shape index (κ2) is 16.3. The molecule has 2 N–H and O–H groups in total. The number of fused-ring (bicyclic) bond motifs is 2. The van der Waals surface area contributed by atoms with Crippen molar-refractivity contribution in [2.45, 2.75) is 174 Å². The Bertz CT molecular complexity index is 1140. The van der Waals surface area contributed by atoms with Gasteiger partial charge in [0, 0.05) is 7.11 Å². The van der Waals surface area contributed by atoms with Crippen LogP contribution < -0.4 is 0 Å². The topological polar surface area (TPSA) is 125 Å². The molecule has 0 saturated carbocycles. The van der Waals surface area contributed by atoms with Crippen molar-refractivity contribution in [1.29, 1.82) is 0 Å². The Balaban J connectivity index is 1.81. The Labute approximate surface area is 303 Å². The molecule has 4 fully saturated rings. The van der Waals surface area contributed by atoms with Crippen LogP contribution in [0.4, 0.5) is 0 Å². The molecule has 0 aromatic rings. The van der Waals surface area contributed by atoms with Crippen LogP contribution in [0.5, 0.6) is 0 Å². The summed E-state index contributed by atoms with van der Waals surface area (Å²) in [5.41, 5.74) is -1.73. The summed E-state index contributed by atoms with van der Waals surface area (Å²) in [6.45, 7) is 19.8. The molecule has 0 amide bonds. The number of carbonyl (C=O) groups excluding carboxylic acids is 1. The molecule has 0 aromatic heterocycles. The van der Waals surface area contributed by atoms with E-state index in [0.717, 1.165) is 10.6 Å². The monoisotopic (exact) mass is 734 g/mol. The normalized spacial score (nSPS) is 50.6. The molecule has 18 atom stereocenters. The van der Waals surface area contributed by atoms with Gasteiger partial charge in [-0.1, -0.05) is 0 Å². The van der Waals surface area contributed by atoms with Gasteiger partial charge in [0.15, 0.2) is 0 Å². The summed E-state index contributed by atoms with van der Waals surface area (Å²) in [4.78, 5) is 16.3. The molecule has 4 heterocycles. The van der Waals surface area contributed by atoms with Gasteiger partial charge in [-0.15, -0.1) is 0 Å². The number of esters is 1. The van der Waals surface area contributed by atoms with Crippen LogP contribution in [0.1, 0.15) is 94.9 Å². The summed E-state index contributed by atoms with van der Waals surface area (Å²) in [5.74, 6) is -1.95. The summed E-state index contributed by atoms with van der Waals surface area (Å²) >= 11 is 2.71. The van der Waals surface area contributed by atoms with Crippen molar-refractivity contribution in [3.8, 4) is 0 Å². The second-order valence-corrected chi connectivity index (χ2v) is 17.1. The van der Waals surface area contributed by atoms with Gasteiger partial charge in [-0.25, -0.2) is 0 Å². The molecule has 0 spiro atoms. The number of methoxy groups -OCH3 is 1. The van der Waals surface area contributed by atoms with Gasteiger partial charge in [0.05, 0.1) is 0 Å². The van der Waals surface area contributed by atoms with E-state index in [4.69, 9.17) is 33.2 Å². The molecule has 0 bridgehead atoms. The number of hydrogen-bond donors (Lipinski definition) is 2. The molecule has 49 heavy (non-hydrogen) atoms. The van der Waals surface area contributed by atoms with E-state index in [1.54, 1.807) is 14.0 Å². The summed E-state index contributed by atoms with van der Waals surface area (Å²) < 4.78 is 46.8. The number of rotatable bonds is 5. The number of cyclic esters (lactones) is 1. The van der Waals surface area contributed by atoms with Crippen LogP contribution in [-0.4, -0.2) is 125 Å². The first-order chi connectivity index (χ1) is 22.8. The van der Waals surface area contributed by atoms with Crippen molar-refractivity contribution in [3.05, 3.63) is 0 Å². The van der Waals surface area contributed by atoms with Crippen molar-refractivity contribution in [2.24, 2.45) is 29.6 Å². The van der Waals surface area contributed by atoms with Crippen molar-refractivity contribution < 1.29 is 65.1 Å². The van der Waals surface area contributed by atoms with Gasteiger partial charge in [-0.3, -0.25) is 0 Å². The predicted molar refractivity (Wildman–Crippen MR) is 181 cm³/mol. The zero-order valence-electron chi connectivity index (χ0n) is 32.1. The molecule has 4 aliphatic heterocycles. The predicted octanol–water partition coefficient (Wildman–Crippen LogP) is 3.87. The molecule has 4 saturated heterocycles. The number of aliphatic hydroxyl groups is 2. The maximum absolute atomic E-state index is 14.1. The zero-order valence-corrected chi connectivity index (χ0v) is 33.5. The molecule has 5 unspecified atom stereocenters. The van der Waals surface area contributed by atoms with Gasteiger partial charge in [-0.05, 0) is 0 Å². The molecular formula is C37H65NO10V. The number of ether oxygens (including phenoxy) is 7. The Morgan fingerprint density at radius 2 is 1.61 bits per heavy atom. The van der Waals surface area contributed by atoms with E-state index in [1.807, 2.05) is 41.5 Å². The van der Waals surface area contributed by atoms with Crippen LogP contribution >= 0.6 is 0 Å². The van der Waals surface area contributed by atoms with Crippen molar-refractivity contribution in [3.63, 3.8) is 0 Å². The Hall–Kier alpha value is -0.436. The fourth-order valence-electron chi connectivity index (χ4n) is 8.88. The minimum atomic E-state index is -0.910. The third-order valence-electron chi connectivity index (χ3n) is 12.2. The SMILES string of the molecule is CC[C@H]1OC(=O)[C@H](C)[C@@H](O[C@H]2C[C@@](C)(OC)[C@@H](O)[C@H](C)O2)[C@H](C)[C@H]2OC3OC(C)CC(N(C)C)[C@H]3O[C@]2(C)C[C@@H](C)[C](=[V])C(C)C(O)[C@H]1C. The molecule has 4 rings (SSSR count). The van der Waals surface area contributed by atoms with Gasteiger partial charge in [-0.2, -0.15) is 0 Å². The van der Waals surface area contributed by atoms with Crippen LogP contribution in [0.3, 0.4) is 0 Å². The molecule has 0 aliphatic carbocycles. The van der Waals surface area contributed by atoms with Crippen LogP contribution in [0, 0.1) is 29.6 Å². The molecule has 283 valence electrons. The second-order valence-electron chi connectivity index (χ2n) is 16.3. The molecule has 0 aromatic carbocycles. The zero-order chi connectivity index (χ0) is 36.7. The molecule has 11 nitrogen and oxygen atoms in total. The first-order valence-corrected chi connectivity index (χ1v) is 19.1. The van der Waals surface area contributed by atoms with E-state index < -0.39 is 78.2 Å². The first kappa shape index (κ1) is 41.3. The third kappa shape index (κ3) is 8.53. The summed E-state index contributed by atoms with van der Waals surface area (Å²) in [6.07, 6.45) is -3.41. The third-order valence-corrected chi connectivity index (χ3v) is 13.5. The maximum atomic E-state index is 14.1. The summed E-state index contributed by atoms with van der Waals surface area (Å²) in [6, 6.07) is 0.0786. The van der Waals surface area contributed by atoms with Gasteiger partial charge >= 0.3 is 292 Å². The minimum absolute atomic E-state index is 0.0336. The van der Waals surface area contributed by atoms with E-state index in [0.29, 0.717) is 12.8 Å². The van der Waals surface area contributed by atoms with E-state index in [2.05, 4.69) is 56.7 Å². The number of aliphatic hydroxyl groups excluding tert-OH is 2. The van der Waals surface area contributed by atoms with E-state index >= 15 is 0 Å². The first-order valence-electron chi connectivity index (χ1n) is 18.4. The number of hydrogen-bond acceptors (Lipinski definition) is 11. The van der Waals surface area contributed by atoms with Crippen molar-refractivity contribution >= 4 is 10.2 Å². The number of likely N-dealkylation sites (N-methyl/N-ethyl adjacent to an activating group) is 1. The fraction of sp³-hybridized carbons (Fsp3) is 0.946. The Morgan fingerprint density at radius 3 is 2.20 bits per heavy atom. The van der Waals surface area contributed by atoms with Gasteiger partial charge < -0.3 is 5.11 Å². The van der Waals surface area contributed by atoms with Crippen LogP contribution in [-0.2, 0) is 54.9 Å². The fourth-order valence-corrected chi connectivity index (χ4v) is 9.26. The van der Waals surface area contributed by atoms with E-state index in [1.165, 1.54) is 0 Å². The number of carbonyl (C=O) groups is 1. The summed E-state index contributed by atoms with van der Waals surface area (Å²) in [5, 5.41) is 22.5. The Morgan fingerprint density at radius 1 is 0.959 bits per heavy atom. The van der Waals surface area contributed by atoms with Gasteiger partial charge in [0.25, 0.3) is 0 Å². The molecule has 4 aliphatic rings. The Kier molecular flexibility index (Phi) is 13.7. The van der Waals surface area contributed by atoms with Crippen LogP contribution in [0.25, 0.3) is 0 Å². The quantitative estimate of drug-likeness (QED) is 0.400. The van der Waals surface area contributed by atoms with Crippen molar-refractivity contribution in [2.75, 3.05) is 21.2 Å². The molecule has 12 heteroatoms. The van der Waals surface area contributed by atoms with Crippen LogP contribution in [0.2, 0.25) is 0 Å². The van der Waals surface area contributed by atoms with Crippen molar-refractivity contribution in [1.82, 2.24) is 4.90 Å². The van der Waals surface area contributed by atoms with Gasteiger partial charge in [0.2, 0.25) is 0 Å². The standard InChI is InChI=1S/C37H65NO10.V/c1-14-27-22(5)29(39)20(3)15-19(2)17-37(10)33(47-35-31(48-37)26(38(11)12)16-21(4)43-35)23(6)30(24(7)34(41)45-27)46-28-18-36(9,42-13)32(40)25(8)44-28;/h19-33,35,39-40H,14,16-18H2,1-13H3;/t19-,20?,21?,22-,23-,24+,25-,26?,27+,28-,29?,30-,31+,32-,33+,35?,36+,37+;/m0./s1. The van der Waals surface area contributed by atoms with Crippen LogP contribution in [0.15, 0.2) is 0 Å². The van der Waals surface area contributed by atoms with E-state index in [9.17, 15) is 15.0 Å². The van der Waals surface area contributed by atoms with Gasteiger partial charge in [0.1, 0.15) is 0 Å². The van der Waals surface area contributed by atoms with E-state index in [-0.39, 0.29) is 42.4 Å².